The third-order valence-corrected chi connectivity index (χ3v) is 4.12. The van der Waals surface area contributed by atoms with Gasteiger partial charge in [-0.3, -0.25) is 0 Å². The van der Waals surface area contributed by atoms with Crippen LogP contribution in [0.4, 0.5) is 0 Å². The van der Waals surface area contributed by atoms with Gasteiger partial charge in [-0.25, -0.2) is 0 Å². The summed E-state index contributed by atoms with van der Waals surface area (Å²) in [6.45, 7) is 6.99. The summed E-state index contributed by atoms with van der Waals surface area (Å²) in [5.41, 5.74) is 7.46. The molecular weight excluding hydrogens is 206 g/mol. The molecule has 3 rings (SSSR count). The molecule has 0 spiro atoms. The molecule has 0 amide bonds. The zero-order valence-corrected chi connectivity index (χ0v) is 10.9. The van der Waals surface area contributed by atoms with Crippen LogP contribution in [0.15, 0.2) is 17.8 Å². The zero-order chi connectivity index (χ0) is 11.8. The molecular formula is C16H21N. The second-order valence-electron chi connectivity index (χ2n) is 5.48. The number of rotatable bonds is 1. The lowest BCUT2D eigenvalue weighted by molar-refractivity contribution is 0.411. The van der Waals surface area contributed by atoms with Crippen LogP contribution in [-0.4, -0.2) is 18.0 Å². The minimum atomic E-state index is 1.23. The van der Waals surface area contributed by atoms with Gasteiger partial charge in [0.15, 0.2) is 0 Å². The zero-order valence-electron chi connectivity index (χ0n) is 10.9. The fourth-order valence-corrected chi connectivity index (χ4v) is 3.26. The van der Waals surface area contributed by atoms with Crippen molar-refractivity contribution in [3.05, 3.63) is 40.1 Å². The quantitative estimate of drug-likeness (QED) is 0.707. The van der Waals surface area contributed by atoms with Crippen molar-refractivity contribution < 1.29 is 0 Å². The highest BCUT2D eigenvalue weighted by Gasteiger charge is 2.19. The number of likely N-dealkylation sites (tertiary alicyclic amines) is 1. The largest absolute Gasteiger partial charge is 0.375 e. The summed E-state index contributed by atoms with van der Waals surface area (Å²) in [6.07, 6.45) is 7.64. The second-order valence-corrected chi connectivity index (χ2v) is 5.48. The van der Waals surface area contributed by atoms with Crippen LogP contribution < -0.4 is 0 Å². The Morgan fingerprint density at radius 2 is 1.76 bits per heavy atom. The highest BCUT2D eigenvalue weighted by molar-refractivity contribution is 5.62. The van der Waals surface area contributed by atoms with Crippen molar-refractivity contribution in [2.24, 2.45) is 0 Å². The maximum Gasteiger partial charge on any atom is 0.0175 e. The first-order valence-electron chi connectivity index (χ1n) is 6.80. The maximum absolute atomic E-state index is 2.58. The minimum Gasteiger partial charge on any atom is -0.375 e. The topological polar surface area (TPSA) is 3.24 Å². The van der Waals surface area contributed by atoms with E-state index in [4.69, 9.17) is 0 Å². The number of nitrogens with zero attached hydrogens (tertiary/aromatic N) is 1. The van der Waals surface area contributed by atoms with Crippen molar-refractivity contribution in [1.29, 1.82) is 0 Å². The Hall–Kier alpha value is -1.24. The first-order valence-corrected chi connectivity index (χ1v) is 6.80. The summed E-state index contributed by atoms with van der Waals surface area (Å²) in [5.74, 6) is 0. The molecule has 0 radical (unpaired) electrons. The summed E-state index contributed by atoms with van der Waals surface area (Å²) < 4.78 is 0. The molecule has 90 valence electrons. The van der Waals surface area contributed by atoms with Crippen molar-refractivity contribution in [2.75, 3.05) is 13.1 Å². The van der Waals surface area contributed by atoms with Gasteiger partial charge in [0.1, 0.15) is 0 Å². The van der Waals surface area contributed by atoms with E-state index in [0.717, 1.165) is 0 Å². The lowest BCUT2D eigenvalue weighted by atomic mass is 9.90. The van der Waals surface area contributed by atoms with Gasteiger partial charge in [0.05, 0.1) is 0 Å². The molecule has 0 saturated carbocycles. The van der Waals surface area contributed by atoms with E-state index in [1.165, 1.54) is 55.5 Å². The number of aryl methyl sites for hydroxylation is 2. The summed E-state index contributed by atoms with van der Waals surface area (Å²) in [7, 11) is 0. The van der Waals surface area contributed by atoms with Gasteiger partial charge in [-0.05, 0) is 62.3 Å². The summed E-state index contributed by atoms with van der Waals surface area (Å²) in [4.78, 5) is 2.58. The van der Waals surface area contributed by atoms with E-state index in [2.05, 4.69) is 37.0 Å². The van der Waals surface area contributed by atoms with Gasteiger partial charge in [0, 0.05) is 18.8 Å². The van der Waals surface area contributed by atoms with Gasteiger partial charge in [0.2, 0.25) is 0 Å². The highest BCUT2D eigenvalue weighted by Crippen LogP contribution is 2.30. The predicted octanol–water partition coefficient (Wildman–Crippen LogP) is 3.69. The average Bonchev–Trinajstić information content (AvgIpc) is 2.81. The number of fused-ring (bicyclic) bond motifs is 1. The SMILES string of the molecule is Cc1cc(C)c2c(c1)C=C(N1CCCC1)CC2. The highest BCUT2D eigenvalue weighted by atomic mass is 15.1. The summed E-state index contributed by atoms with van der Waals surface area (Å²) in [6, 6.07) is 4.66. The molecule has 1 fully saturated rings. The normalized spacial score (nSPS) is 19.2. The average molecular weight is 227 g/mol. The molecule has 0 atom stereocenters. The number of allylic oxidation sites excluding steroid dienone is 1. The molecule has 0 N–H and O–H groups in total. The van der Waals surface area contributed by atoms with Crippen LogP contribution in [0.3, 0.4) is 0 Å². The summed E-state index contributed by atoms with van der Waals surface area (Å²) in [5, 5.41) is 0. The van der Waals surface area contributed by atoms with E-state index >= 15 is 0 Å². The molecule has 1 aromatic carbocycles. The smallest absolute Gasteiger partial charge is 0.0175 e. The Balaban J connectivity index is 1.98. The molecule has 0 bridgehead atoms. The third kappa shape index (κ3) is 1.99. The molecule has 1 nitrogen and oxygen atoms in total. The molecule has 1 heterocycles. The van der Waals surface area contributed by atoms with E-state index in [9.17, 15) is 0 Å². The lowest BCUT2D eigenvalue weighted by Crippen LogP contribution is -2.21. The Morgan fingerprint density at radius 3 is 2.53 bits per heavy atom. The van der Waals surface area contributed by atoms with Crippen LogP contribution in [-0.2, 0) is 6.42 Å². The van der Waals surface area contributed by atoms with Crippen LogP contribution in [0.1, 0.15) is 41.5 Å². The molecule has 0 aromatic heterocycles. The van der Waals surface area contributed by atoms with Crippen LogP contribution in [0.5, 0.6) is 0 Å². The van der Waals surface area contributed by atoms with E-state index in [0.29, 0.717) is 0 Å². The molecule has 2 aliphatic rings. The van der Waals surface area contributed by atoms with Gasteiger partial charge in [-0.15, -0.1) is 0 Å². The number of hydrogen-bond donors (Lipinski definition) is 0. The molecule has 1 aliphatic heterocycles. The molecule has 1 saturated heterocycles. The third-order valence-electron chi connectivity index (χ3n) is 4.12. The standard InChI is InChI=1S/C16H21N/c1-12-9-13(2)16-6-5-15(11-14(16)10-12)17-7-3-4-8-17/h9-11H,3-8H2,1-2H3. The van der Waals surface area contributed by atoms with Gasteiger partial charge in [-0.2, -0.15) is 0 Å². The van der Waals surface area contributed by atoms with Crippen molar-refractivity contribution in [3.63, 3.8) is 0 Å². The van der Waals surface area contributed by atoms with Crippen molar-refractivity contribution >= 4 is 6.08 Å². The van der Waals surface area contributed by atoms with E-state index < -0.39 is 0 Å². The molecule has 17 heavy (non-hydrogen) atoms. The fraction of sp³-hybridized carbons (Fsp3) is 0.500. The fourth-order valence-electron chi connectivity index (χ4n) is 3.26. The maximum atomic E-state index is 2.58. The Labute approximate surface area is 104 Å². The van der Waals surface area contributed by atoms with Crippen molar-refractivity contribution in [1.82, 2.24) is 4.90 Å². The van der Waals surface area contributed by atoms with Crippen molar-refractivity contribution in [3.8, 4) is 0 Å². The van der Waals surface area contributed by atoms with E-state index in [-0.39, 0.29) is 0 Å². The van der Waals surface area contributed by atoms with Gasteiger partial charge >= 0.3 is 0 Å². The van der Waals surface area contributed by atoms with Crippen LogP contribution in [0.25, 0.3) is 6.08 Å². The lowest BCUT2D eigenvalue weighted by Gasteiger charge is -2.26. The molecule has 1 aliphatic carbocycles. The number of hydrogen-bond acceptors (Lipinski definition) is 1. The predicted molar refractivity (Wildman–Crippen MR) is 73.0 cm³/mol. The van der Waals surface area contributed by atoms with E-state index in [1.807, 2.05) is 0 Å². The minimum absolute atomic E-state index is 1.23. The molecule has 0 unspecified atom stereocenters. The Kier molecular flexibility index (Phi) is 2.70. The van der Waals surface area contributed by atoms with Crippen LogP contribution in [0.2, 0.25) is 0 Å². The Bertz CT molecular complexity index is 465. The molecule has 1 aromatic rings. The van der Waals surface area contributed by atoms with Gasteiger partial charge < -0.3 is 4.90 Å². The van der Waals surface area contributed by atoms with E-state index in [1.54, 1.807) is 11.3 Å². The second kappa shape index (κ2) is 4.21. The van der Waals surface area contributed by atoms with Gasteiger partial charge in [-0.1, -0.05) is 17.7 Å². The Morgan fingerprint density at radius 1 is 1.00 bits per heavy atom. The molecule has 1 heteroatoms. The first kappa shape index (κ1) is 10.9. The van der Waals surface area contributed by atoms with Crippen LogP contribution >= 0.6 is 0 Å². The van der Waals surface area contributed by atoms with Crippen LogP contribution in [0, 0.1) is 13.8 Å². The van der Waals surface area contributed by atoms with Gasteiger partial charge in [0.25, 0.3) is 0 Å². The first-order chi connectivity index (χ1) is 8.24. The summed E-state index contributed by atoms with van der Waals surface area (Å²) >= 11 is 0. The monoisotopic (exact) mass is 227 g/mol. The van der Waals surface area contributed by atoms with Crippen molar-refractivity contribution in [2.45, 2.75) is 39.5 Å². The number of benzene rings is 1.